The molecule has 0 saturated carbocycles. The minimum absolute atomic E-state index is 0.273. The highest BCUT2D eigenvalue weighted by Crippen LogP contribution is 2.32. The zero-order chi connectivity index (χ0) is 23.4. The number of aliphatic hydroxyl groups is 1. The SMILES string of the molecule is Cc1c(-c2ccccc2)cccc1-c1nnc(-c2cccc(CN[C@H](C(=O)O)[C@@H](C)O)c2)o1. The molecule has 0 amide bonds. The average molecular weight is 444 g/mol. The molecule has 0 aliphatic rings. The van der Waals surface area contributed by atoms with Crippen LogP contribution >= 0.6 is 0 Å². The Morgan fingerprint density at radius 3 is 2.33 bits per heavy atom. The van der Waals surface area contributed by atoms with Crippen molar-refractivity contribution in [3.63, 3.8) is 0 Å². The first-order valence-corrected chi connectivity index (χ1v) is 10.7. The highest BCUT2D eigenvalue weighted by molar-refractivity contribution is 5.75. The Balaban J connectivity index is 1.57. The molecular weight excluding hydrogens is 418 g/mol. The Bertz CT molecular complexity index is 1250. The molecule has 4 aromatic rings. The van der Waals surface area contributed by atoms with Crippen LogP contribution < -0.4 is 5.32 Å². The van der Waals surface area contributed by atoms with Crippen LogP contribution in [0.15, 0.2) is 77.2 Å². The van der Waals surface area contributed by atoms with E-state index < -0.39 is 18.1 Å². The highest BCUT2D eigenvalue weighted by atomic mass is 16.4. The molecule has 0 saturated heterocycles. The molecule has 0 aliphatic heterocycles. The van der Waals surface area contributed by atoms with Crippen molar-refractivity contribution >= 4 is 5.97 Å². The number of hydrogen-bond donors (Lipinski definition) is 3. The minimum Gasteiger partial charge on any atom is -0.480 e. The number of aromatic nitrogens is 2. The number of carboxylic acid groups (broad SMARTS) is 1. The van der Waals surface area contributed by atoms with E-state index in [4.69, 9.17) is 4.42 Å². The molecule has 1 aromatic heterocycles. The lowest BCUT2D eigenvalue weighted by Gasteiger charge is -2.17. The number of carboxylic acids is 1. The number of rotatable bonds is 8. The van der Waals surface area contributed by atoms with Gasteiger partial charge in [-0.1, -0.05) is 54.6 Å². The molecule has 0 bridgehead atoms. The Morgan fingerprint density at radius 2 is 1.61 bits per heavy atom. The predicted molar refractivity (Wildman–Crippen MR) is 125 cm³/mol. The van der Waals surface area contributed by atoms with Crippen molar-refractivity contribution in [2.45, 2.75) is 32.5 Å². The molecule has 168 valence electrons. The van der Waals surface area contributed by atoms with E-state index in [9.17, 15) is 15.0 Å². The van der Waals surface area contributed by atoms with Gasteiger partial charge in [-0.05, 0) is 54.3 Å². The van der Waals surface area contributed by atoms with Crippen LogP contribution in [0.4, 0.5) is 0 Å². The largest absolute Gasteiger partial charge is 0.480 e. The van der Waals surface area contributed by atoms with Crippen LogP contribution in [0.25, 0.3) is 34.0 Å². The van der Waals surface area contributed by atoms with Gasteiger partial charge < -0.3 is 14.6 Å². The quantitative estimate of drug-likeness (QED) is 0.372. The van der Waals surface area contributed by atoms with E-state index in [1.807, 2.05) is 61.5 Å². The third kappa shape index (κ3) is 5.00. The van der Waals surface area contributed by atoms with E-state index in [1.54, 1.807) is 0 Å². The second-order valence-corrected chi connectivity index (χ2v) is 7.89. The van der Waals surface area contributed by atoms with Crippen molar-refractivity contribution in [1.82, 2.24) is 15.5 Å². The molecule has 7 heteroatoms. The van der Waals surface area contributed by atoms with Gasteiger partial charge in [-0.3, -0.25) is 10.1 Å². The number of carbonyl (C=O) groups is 1. The number of nitrogens with zero attached hydrogens (tertiary/aromatic N) is 2. The molecule has 4 rings (SSSR count). The molecule has 3 aromatic carbocycles. The average Bonchev–Trinajstić information content (AvgIpc) is 3.30. The lowest BCUT2D eigenvalue weighted by molar-refractivity contribution is -0.142. The summed E-state index contributed by atoms with van der Waals surface area (Å²) < 4.78 is 6.01. The Hall–Kier alpha value is -3.81. The molecule has 1 heterocycles. The summed E-state index contributed by atoms with van der Waals surface area (Å²) in [5.74, 6) is -0.290. The van der Waals surface area contributed by atoms with Gasteiger partial charge in [0.15, 0.2) is 0 Å². The summed E-state index contributed by atoms with van der Waals surface area (Å²) in [6.07, 6.45) is -1.01. The van der Waals surface area contributed by atoms with Gasteiger partial charge in [-0.2, -0.15) is 0 Å². The van der Waals surface area contributed by atoms with E-state index in [0.29, 0.717) is 11.8 Å². The molecule has 33 heavy (non-hydrogen) atoms. The first-order valence-electron chi connectivity index (χ1n) is 10.7. The number of aliphatic carboxylic acids is 1. The Morgan fingerprint density at radius 1 is 0.939 bits per heavy atom. The maximum absolute atomic E-state index is 11.3. The fraction of sp³-hybridized carbons (Fsp3) is 0.192. The predicted octanol–water partition coefficient (Wildman–Crippen LogP) is 4.30. The zero-order valence-electron chi connectivity index (χ0n) is 18.4. The van der Waals surface area contributed by atoms with Gasteiger partial charge in [0, 0.05) is 17.7 Å². The first-order chi connectivity index (χ1) is 15.9. The smallest absolute Gasteiger partial charge is 0.323 e. The molecule has 0 fully saturated rings. The summed E-state index contributed by atoms with van der Waals surface area (Å²) >= 11 is 0. The van der Waals surface area contributed by atoms with Crippen LogP contribution in [0.1, 0.15) is 18.1 Å². The van der Waals surface area contributed by atoms with E-state index in [2.05, 4.69) is 33.7 Å². The van der Waals surface area contributed by atoms with Gasteiger partial charge in [0.1, 0.15) is 6.04 Å². The van der Waals surface area contributed by atoms with Gasteiger partial charge in [0.25, 0.3) is 0 Å². The fourth-order valence-electron chi connectivity index (χ4n) is 3.75. The van der Waals surface area contributed by atoms with Gasteiger partial charge in [-0.15, -0.1) is 10.2 Å². The van der Waals surface area contributed by atoms with Crippen molar-refractivity contribution < 1.29 is 19.4 Å². The van der Waals surface area contributed by atoms with E-state index >= 15 is 0 Å². The molecular formula is C26H25N3O4. The monoisotopic (exact) mass is 443 g/mol. The first kappa shape index (κ1) is 22.4. The molecule has 3 N–H and O–H groups in total. The second kappa shape index (κ2) is 9.77. The van der Waals surface area contributed by atoms with Crippen LogP contribution in [0, 0.1) is 6.92 Å². The zero-order valence-corrected chi connectivity index (χ0v) is 18.4. The van der Waals surface area contributed by atoms with Gasteiger partial charge in [0.2, 0.25) is 11.8 Å². The number of nitrogens with one attached hydrogen (secondary N) is 1. The Labute approximate surface area is 191 Å². The number of hydrogen-bond acceptors (Lipinski definition) is 6. The van der Waals surface area contributed by atoms with Crippen LogP contribution in [-0.4, -0.2) is 38.5 Å². The van der Waals surface area contributed by atoms with Crippen molar-refractivity contribution in [3.05, 3.63) is 83.9 Å². The second-order valence-electron chi connectivity index (χ2n) is 7.89. The molecule has 0 unspecified atom stereocenters. The summed E-state index contributed by atoms with van der Waals surface area (Å²) in [6.45, 7) is 3.75. The summed E-state index contributed by atoms with van der Waals surface area (Å²) in [4.78, 5) is 11.3. The third-order valence-corrected chi connectivity index (χ3v) is 5.52. The van der Waals surface area contributed by atoms with Crippen LogP contribution in [0.3, 0.4) is 0 Å². The third-order valence-electron chi connectivity index (χ3n) is 5.52. The van der Waals surface area contributed by atoms with Crippen molar-refractivity contribution in [1.29, 1.82) is 0 Å². The van der Waals surface area contributed by atoms with Crippen LogP contribution in [-0.2, 0) is 11.3 Å². The molecule has 7 nitrogen and oxygen atoms in total. The van der Waals surface area contributed by atoms with Gasteiger partial charge in [-0.25, -0.2) is 0 Å². The summed E-state index contributed by atoms with van der Waals surface area (Å²) in [5.41, 5.74) is 5.71. The van der Waals surface area contributed by atoms with E-state index in [0.717, 1.165) is 33.4 Å². The van der Waals surface area contributed by atoms with Crippen molar-refractivity contribution in [2.24, 2.45) is 0 Å². The summed E-state index contributed by atoms with van der Waals surface area (Å²) in [7, 11) is 0. The summed E-state index contributed by atoms with van der Waals surface area (Å²) in [5, 5.41) is 30.2. The lowest BCUT2D eigenvalue weighted by Crippen LogP contribution is -2.44. The van der Waals surface area contributed by atoms with E-state index in [-0.39, 0.29) is 6.54 Å². The Kier molecular flexibility index (Phi) is 6.63. The fourth-order valence-corrected chi connectivity index (χ4v) is 3.75. The minimum atomic E-state index is -1.10. The highest BCUT2D eigenvalue weighted by Gasteiger charge is 2.22. The number of benzene rings is 3. The molecule has 0 radical (unpaired) electrons. The van der Waals surface area contributed by atoms with Crippen LogP contribution in [0.5, 0.6) is 0 Å². The topological polar surface area (TPSA) is 108 Å². The number of aliphatic hydroxyl groups excluding tert-OH is 1. The maximum Gasteiger partial charge on any atom is 0.323 e. The van der Waals surface area contributed by atoms with E-state index in [1.165, 1.54) is 6.92 Å². The normalized spacial score (nSPS) is 12.9. The molecule has 0 spiro atoms. The summed E-state index contributed by atoms with van der Waals surface area (Å²) in [6, 6.07) is 22.5. The van der Waals surface area contributed by atoms with Gasteiger partial charge in [0.05, 0.1) is 6.10 Å². The standard InChI is InChI=1S/C26H25N3O4/c1-16-21(19-9-4-3-5-10-19)12-7-13-22(16)25-29-28-24(33-25)20-11-6-8-18(14-20)15-27-23(17(2)30)26(31)32/h3-14,17,23,27,30H,15H2,1-2H3,(H,31,32)/t17-,23+/m1/s1. The van der Waals surface area contributed by atoms with Crippen LogP contribution in [0.2, 0.25) is 0 Å². The molecule has 2 atom stereocenters. The maximum atomic E-state index is 11.3. The van der Waals surface area contributed by atoms with Crippen molar-refractivity contribution in [2.75, 3.05) is 0 Å². The molecule has 0 aliphatic carbocycles. The van der Waals surface area contributed by atoms with Crippen molar-refractivity contribution in [3.8, 4) is 34.0 Å². The lowest BCUT2D eigenvalue weighted by atomic mass is 9.96. The van der Waals surface area contributed by atoms with Gasteiger partial charge >= 0.3 is 5.97 Å².